The van der Waals surface area contributed by atoms with E-state index < -0.39 is 0 Å². The third-order valence-electron chi connectivity index (χ3n) is 3.19. The van der Waals surface area contributed by atoms with Gasteiger partial charge < -0.3 is 0 Å². The Morgan fingerprint density at radius 3 is 1.81 bits per heavy atom. The van der Waals surface area contributed by atoms with E-state index in [1.165, 1.54) is 0 Å². The van der Waals surface area contributed by atoms with Crippen molar-refractivity contribution in [3.63, 3.8) is 0 Å². The average molecular weight is 272 g/mol. The van der Waals surface area contributed by atoms with E-state index >= 15 is 0 Å². The average Bonchev–Trinajstić information content (AvgIpc) is 2.54. The fourth-order valence-corrected chi connectivity index (χ4v) is 2.19. The molecule has 1 aromatic heterocycles. The van der Waals surface area contributed by atoms with Crippen LogP contribution in [0.4, 0.5) is 5.82 Å². The highest BCUT2D eigenvalue weighted by molar-refractivity contribution is 6.13. The summed E-state index contributed by atoms with van der Waals surface area (Å²) >= 11 is 0. The predicted molar refractivity (Wildman–Crippen MR) is 87.2 cm³/mol. The molecule has 2 heteroatoms. The second-order valence-electron chi connectivity index (χ2n) is 4.83. The highest BCUT2D eigenvalue weighted by Gasteiger charge is 2.07. The van der Waals surface area contributed by atoms with Gasteiger partial charge in [-0.15, -0.1) is 0 Å². The van der Waals surface area contributed by atoms with Crippen LogP contribution in [0.5, 0.6) is 0 Å². The van der Waals surface area contributed by atoms with E-state index in [0.29, 0.717) is 0 Å². The van der Waals surface area contributed by atoms with Gasteiger partial charge in [-0.05, 0) is 19.1 Å². The Labute approximate surface area is 124 Å². The van der Waals surface area contributed by atoms with Gasteiger partial charge in [-0.2, -0.15) is 0 Å². The minimum atomic E-state index is 0.734. The maximum Gasteiger partial charge on any atom is 0.152 e. The number of rotatable bonds is 3. The van der Waals surface area contributed by atoms with Crippen LogP contribution in [0.1, 0.15) is 16.8 Å². The molecule has 0 saturated heterocycles. The first kappa shape index (κ1) is 13.3. The van der Waals surface area contributed by atoms with Crippen LogP contribution >= 0.6 is 0 Å². The lowest BCUT2D eigenvalue weighted by Crippen LogP contribution is -2.02. The molecule has 2 aromatic carbocycles. The van der Waals surface area contributed by atoms with Crippen molar-refractivity contribution in [2.24, 2.45) is 4.99 Å². The Balaban J connectivity index is 2.13. The maximum absolute atomic E-state index is 4.77. The van der Waals surface area contributed by atoms with Crippen molar-refractivity contribution in [3.05, 3.63) is 95.7 Å². The molecule has 0 aliphatic heterocycles. The van der Waals surface area contributed by atoms with E-state index in [0.717, 1.165) is 28.4 Å². The minimum Gasteiger partial charge on any atom is -0.234 e. The molecule has 1 heterocycles. The standard InChI is InChI=1S/C19H16N2/c1-15-9-8-14-18(20-15)21-19(16-10-4-2-5-11-16)17-12-6-3-7-13-17/h2-14H,1H3. The van der Waals surface area contributed by atoms with Crippen LogP contribution in [0.25, 0.3) is 0 Å². The Kier molecular flexibility index (Phi) is 3.88. The topological polar surface area (TPSA) is 25.2 Å². The zero-order chi connectivity index (χ0) is 14.5. The van der Waals surface area contributed by atoms with Crippen LogP contribution in [0, 0.1) is 6.92 Å². The molecule has 102 valence electrons. The van der Waals surface area contributed by atoms with E-state index in [-0.39, 0.29) is 0 Å². The summed E-state index contributed by atoms with van der Waals surface area (Å²) in [5, 5.41) is 0. The van der Waals surface area contributed by atoms with Crippen LogP contribution in [0.3, 0.4) is 0 Å². The van der Waals surface area contributed by atoms with Crippen molar-refractivity contribution in [1.29, 1.82) is 0 Å². The lowest BCUT2D eigenvalue weighted by molar-refractivity contribution is 1.18. The van der Waals surface area contributed by atoms with Crippen molar-refractivity contribution >= 4 is 11.5 Å². The Morgan fingerprint density at radius 1 is 0.714 bits per heavy atom. The molecular weight excluding hydrogens is 256 g/mol. The lowest BCUT2D eigenvalue weighted by atomic mass is 10.0. The summed E-state index contributed by atoms with van der Waals surface area (Å²) < 4.78 is 0. The van der Waals surface area contributed by atoms with E-state index in [9.17, 15) is 0 Å². The van der Waals surface area contributed by atoms with Gasteiger partial charge in [0.05, 0.1) is 5.71 Å². The molecular formula is C19H16N2. The summed E-state index contributed by atoms with van der Waals surface area (Å²) in [6.07, 6.45) is 0. The molecule has 0 fully saturated rings. The third-order valence-corrected chi connectivity index (χ3v) is 3.19. The minimum absolute atomic E-state index is 0.734. The molecule has 0 unspecified atom stereocenters. The number of hydrogen-bond acceptors (Lipinski definition) is 2. The Morgan fingerprint density at radius 2 is 1.29 bits per heavy atom. The normalized spacial score (nSPS) is 10.1. The summed E-state index contributed by atoms with van der Waals surface area (Å²) in [5.74, 6) is 0.734. The summed E-state index contributed by atoms with van der Waals surface area (Å²) in [6, 6.07) is 26.3. The van der Waals surface area contributed by atoms with Crippen LogP contribution in [-0.2, 0) is 0 Å². The van der Waals surface area contributed by atoms with E-state index in [1.807, 2.05) is 61.5 Å². The van der Waals surface area contributed by atoms with Crippen LogP contribution in [0.15, 0.2) is 83.9 Å². The molecule has 0 saturated carbocycles. The van der Waals surface area contributed by atoms with Gasteiger partial charge >= 0.3 is 0 Å². The van der Waals surface area contributed by atoms with E-state index in [4.69, 9.17) is 4.99 Å². The largest absolute Gasteiger partial charge is 0.234 e. The van der Waals surface area contributed by atoms with Gasteiger partial charge in [0.15, 0.2) is 5.82 Å². The number of benzene rings is 2. The van der Waals surface area contributed by atoms with Crippen LogP contribution in [-0.4, -0.2) is 10.7 Å². The number of pyridine rings is 1. The molecule has 3 aromatic rings. The molecule has 0 aliphatic carbocycles. The molecule has 21 heavy (non-hydrogen) atoms. The highest BCUT2D eigenvalue weighted by atomic mass is 14.9. The maximum atomic E-state index is 4.77. The van der Waals surface area contributed by atoms with Crippen molar-refractivity contribution < 1.29 is 0 Å². The van der Waals surface area contributed by atoms with Gasteiger partial charge in [0.25, 0.3) is 0 Å². The first-order valence-corrected chi connectivity index (χ1v) is 6.96. The molecule has 0 radical (unpaired) electrons. The molecule has 0 amide bonds. The quantitative estimate of drug-likeness (QED) is 0.642. The smallest absolute Gasteiger partial charge is 0.152 e. The number of aliphatic imine (C=N–C) groups is 1. The van der Waals surface area contributed by atoms with Gasteiger partial charge in [-0.3, -0.25) is 0 Å². The van der Waals surface area contributed by atoms with Gasteiger partial charge in [-0.25, -0.2) is 9.98 Å². The monoisotopic (exact) mass is 272 g/mol. The second kappa shape index (κ2) is 6.14. The molecule has 0 spiro atoms. The third kappa shape index (κ3) is 3.23. The first-order chi connectivity index (χ1) is 10.3. The zero-order valence-electron chi connectivity index (χ0n) is 11.9. The number of nitrogens with zero attached hydrogens (tertiary/aromatic N) is 2. The first-order valence-electron chi connectivity index (χ1n) is 6.96. The Bertz CT molecular complexity index is 705. The van der Waals surface area contributed by atoms with E-state index in [2.05, 4.69) is 29.2 Å². The van der Waals surface area contributed by atoms with Crippen molar-refractivity contribution in [3.8, 4) is 0 Å². The molecule has 0 bridgehead atoms. The molecule has 0 aliphatic rings. The number of aromatic nitrogens is 1. The van der Waals surface area contributed by atoms with Crippen LogP contribution < -0.4 is 0 Å². The molecule has 2 nitrogen and oxygen atoms in total. The molecule has 0 N–H and O–H groups in total. The van der Waals surface area contributed by atoms with Gasteiger partial charge in [0, 0.05) is 16.8 Å². The summed E-state index contributed by atoms with van der Waals surface area (Å²) in [6.45, 7) is 1.98. The lowest BCUT2D eigenvalue weighted by Gasteiger charge is -2.07. The summed E-state index contributed by atoms with van der Waals surface area (Å²) in [7, 11) is 0. The Hall–Kier alpha value is -2.74. The van der Waals surface area contributed by atoms with Gasteiger partial charge in [-0.1, -0.05) is 66.7 Å². The fraction of sp³-hybridized carbons (Fsp3) is 0.0526. The zero-order valence-corrected chi connectivity index (χ0v) is 11.9. The van der Waals surface area contributed by atoms with Gasteiger partial charge in [0.1, 0.15) is 0 Å². The number of hydrogen-bond donors (Lipinski definition) is 0. The summed E-state index contributed by atoms with van der Waals surface area (Å²) in [5.41, 5.74) is 4.09. The van der Waals surface area contributed by atoms with Crippen molar-refractivity contribution in [1.82, 2.24) is 4.98 Å². The van der Waals surface area contributed by atoms with Crippen molar-refractivity contribution in [2.75, 3.05) is 0 Å². The molecule has 0 atom stereocenters. The van der Waals surface area contributed by atoms with Gasteiger partial charge in [0.2, 0.25) is 0 Å². The predicted octanol–water partition coefficient (Wildman–Crippen LogP) is 4.56. The second-order valence-corrected chi connectivity index (χ2v) is 4.83. The number of aryl methyl sites for hydroxylation is 1. The van der Waals surface area contributed by atoms with Crippen molar-refractivity contribution in [2.45, 2.75) is 6.92 Å². The van der Waals surface area contributed by atoms with E-state index in [1.54, 1.807) is 0 Å². The molecule has 3 rings (SSSR count). The highest BCUT2D eigenvalue weighted by Crippen LogP contribution is 2.16. The fourth-order valence-electron chi connectivity index (χ4n) is 2.19. The summed E-state index contributed by atoms with van der Waals surface area (Å²) in [4.78, 5) is 9.24. The SMILES string of the molecule is Cc1cccc(N=C(c2ccccc2)c2ccccc2)n1. The van der Waals surface area contributed by atoms with Crippen LogP contribution in [0.2, 0.25) is 0 Å².